The largest absolute Gasteiger partial charge is 0.463 e. The zero-order valence-corrected chi connectivity index (χ0v) is 25.8. The van der Waals surface area contributed by atoms with Crippen LogP contribution in [-0.4, -0.2) is 71.2 Å². The number of thioether (sulfide) groups is 1. The van der Waals surface area contributed by atoms with Crippen LogP contribution in [0.25, 0.3) is 0 Å². The van der Waals surface area contributed by atoms with Gasteiger partial charge in [0.1, 0.15) is 12.1 Å². The van der Waals surface area contributed by atoms with E-state index in [1.54, 1.807) is 43.6 Å². The summed E-state index contributed by atoms with van der Waals surface area (Å²) in [5, 5.41) is 3.17. The number of likely N-dealkylation sites (N-methyl/N-ethyl adjacent to an activating group) is 2. The zero-order valence-electron chi connectivity index (χ0n) is 25.0. The second-order valence-corrected chi connectivity index (χ2v) is 13.8. The minimum Gasteiger partial charge on any atom is -0.463 e. The number of carbonyl (C=O) groups is 3. The third-order valence-electron chi connectivity index (χ3n) is 7.08. The Morgan fingerprint density at radius 3 is 2.26 bits per heavy atom. The summed E-state index contributed by atoms with van der Waals surface area (Å²) in [5.74, 6) is -0.697. The Morgan fingerprint density at radius 1 is 1.18 bits per heavy atom. The topological polar surface area (TPSA) is 79.0 Å². The number of benzene rings is 1. The molecule has 0 spiro atoms. The second-order valence-electron chi connectivity index (χ2n) is 12.1. The maximum absolute atomic E-state index is 13.9. The van der Waals surface area contributed by atoms with Gasteiger partial charge in [0, 0.05) is 17.4 Å². The Bertz CT molecular complexity index is 1020. The summed E-state index contributed by atoms with van der Waals surface area (Å²) in [6.45, 7) is 17.8. The van der Waals surface area contributed by atoms with Crippen molar-refractivity contribution in [2.24, 2.45) is 11.3 Å². The highest BCUT2D eigenvalue weighted by Crippen LogP contribution is 2.51. The van der Waals surface area contributed by atoms with Gasteiger partial charge in [-0.3, -0.25) is 14.5 Å². The second kappa shape index (κ2) is 12.7. The predicted octanol–water partition coefficient (Wildman–Crippen LogP) is 5.03. The highest BCUT2D eigenvalue weighted by molar-refractivity contribution is 8.01. The van der Waals surface area contributed by atoms with Crippen LogP contribution in [0.5, 0.6) is 0 Å². The average molecular weight is 546 g/mol. The van der Waals surface area contributed by atoms with E-state index in [-0.39, 0.29) is 33.9 Å². The van der Waals surface area contributed by atoms with Crippen LogP contribution in [0.4, 0.5) is 0 Å². The quantitative estimate of drug-likeness (QED) is 0.346. The Labute approximate surface area is 233 Å². The number of amides is 2. The summed E-state index contributed by atoms with van der Waals surface area (Å²) in [6.07, 6.45) is 1.79. The summed E-state index contributed by atoms with van der Waals surface area (Å²) < 4.78 is 4.77. The van der Waals surface area contributed by atoms with Crippen molar-refractivity contribution >= 4 is 29.5 Å². The molecule has 1 aromatic rings. The van der Waals surface area contributed by atoms with Gasteiger partial charge in [0.05, 0.1) is 18.0 Å². The van der Waals surface area contributed by atoms with Crippen molar-refractivity contribution in [2.75, 3.05) is 20.7 Å². The number of hydrogen-bond acceptors (Lipinski definition) is 6. The number of ether oxygens (including phenoxy) is 1. The van der Waals surface area contributed by atoms with Gasteiger partial charge in [-0.25, -0.2) is 4.79 Å². The fourth-order valence-electron chi connectivity index (χ4n) is 5.02. The molecule has 4 atom stereocenters. The fraction of sp³-hybridized carbons (Fsp3) is 0.633. The van der Waals surface area contributed by atoms with E-state index in [1.807, 2.05) is 59.9 Å². The van der Waals surface area contributed by atoms with E-state index < -0.39 is 23.5 Å². The Kier molecular flexibility index (Phi) is 10.7. The third kappa shape index (κ3) is 7.41. The number of carbonyl (C=O) groups excluding carboxylic acids is 3. The predicted molar refractivity (Wildman–Crippen MR) is 156 cm³/mol. The van der Waals surface area contributed by atoms with E-state index in [1.165, 1.54) is 0 Å². The maximum atomic E-state index is 13.9. The van der Waals surface area contributed by atoms with E-state index in [0.717, 1.165) is 5.56 Å². The van der Waals surface area contributed by atoms with Crippen LogP contribution in [0.1, 0.15) is 73.3 Å². The molecule has 8 heteroatoms. The van der Waals surface area contributed by atoms with Crippen LogP contribution in [0.2, 0.25) is 0 Å². The van der Waals surface area contributed by atoms with Crippen LogP contribution in [0.3, 0.4) is 0 Å². The van der Waals surface area contributed by atoms with Gasteiger partial charge < -0.3 is 15.0 Å². The highest BCUT2D eigenvalue weighted by atomic mass is 32.2. The third-order valence-corrected chi connectivity index (χ3v) is 8.74. The lowest BCUT2D eigenvalue weighted by molar-refractivity contribution is -0.141. The van der Waals surface area contributed by atoms with E-state index in [2.05, 4.69) is 36.2 Å². The zero-order chi connectivity index (χ0) is 29.0. The first-order valence-electron chi connectivity index (χ1n) is 13.4. The lowest BCUT2D eigenvalue weighted by Gasteiger charge is -2.39. The van der Waals surface area contributed by atoms with Gasteiger partial charge in [0.25, 0.3) is 0 Å². The molecule has 1 aromatic carbocycles. The van der Waals surface area contributed by atoms with Crippen LogP contribution in [0.15, 0.2) is 42.0 Å². The molecule has 0 aromatic heterocycles. The minimum absolute atomic E-state index is 0.0368. The first kappa shape index (κ1) is 31.9. The molecule has 1 N–H and O–H groups in total. The van der Waals surface area contributed by atoms with E-state index in [9.17, 15) is 14.4 Å². The molecular formula is C30H47N3O4S. The average Bonchev–Trinajstić information content (AvgIpc) is 3.07. The van der Waals surface area contributed by atoms with Crippen molar-refractivity contribution in [3.8, 4) is 0 Å². The first-order chi connectivity index (χ1) is 17.5. The number of esters is 1. The summed E-state index contributed by atoms with van der Waals surface area (Å²) >= 11 is 1.76. The molecule has 38 heavy (non-hydrogen) atoms. The van der Waals surface area contributed by atoms with Crippen molar-refractivity contribution in [3.05, 3.63) is 47.5 Å². The first-order valence-corrected chi connectivity index (χ1v) is 14.3. The Morgan fingerprint density at radius 2 is 1.76 bits per heavy atom. The lowest BCUT2D eigenvalue weighted by atomic mass is 9.84. The van der Waals surface area contributed by atoms with E-state index >= 15 is 0 Å². The molecule has 1 saturated heterocycles. The van der Waals surface area contributed by atoms with Gasteiger partial charge >= 0.3 is 5.97 Å². The number of rotatable bonds is 9. The van der Waals surface area contributed by atoms with Crippen LogP contribution in [-0.2, 0) is 19.1 Å². The summed E-state index contributed by atoms with van der Waals surface area (Å²) in [5.41, 5.74) is 1.07. The van der Waals surface area contributed by atoms with Crippen LogP contribution >= 0.6 is 11.8 Å². The molecule has 0 saturated carbocycles. The van der Waals surface area contributed by atoms with Gasteiger partial charge in [0.15, 0.2) is 0 Å². The van der Waals surface area contributed by atoms with Crippen LogP contribution in [0, 0.1) is 11.3 Å². The van der Waals surface area contributed by atoms with Crippen molar-refractivity contribution in [1.29, 1.82) is 0 Å². The van der Waals surface area contributed by atoms with Crippen molar-refractivity contribution < 1.29 is 19.1 Å². The smallest absolute Gasteiger partial charge is 0.333 e. The SMILES string of the molecule is CCOC(=O)/C(C)=C/[C@H](C(C)C)N(C)C(=O)[C@@H](NC(=O)[C@H]1N(C)[C@@H](c2ccccc2)SC1(C)C)C(C)(C)C. The molecule has 1 fully saturated rings. The van der Waals surface area contributed by atoms with Gasteiger partial charge in [-0.15, -0.1) is 11.8 Å². The van der Waals surface area contributed by atoms with Crippen molar-refractivity contribution in [2.45, 2.75) is 90.6 Å². The Hall–Kier alpha value is -2.32. The van der Waals surface area contributed by atoms with E-state index in [4.69, 9.17) is 4.74 Å². The molecule has 2 amide bonds. The molecule has 7 nitrogen and oxygen atoms in total. The van der Waals surface area contributed by atoms with Crippen molar-refractivity contribution in [3.63, 3.8) is 0 Å². The highest BCUT2D eigenvalue weighted by Gasteiger charge is 2.51. The molecule has 0 radical (unpaired) electrons. The summed E-state index contributed by atoms with van der Waals surface area (Å²) in [6, 6.07) is 8.67. The molecule has 2 rings (SSSR count). The number of nitrogens with zero attached hydrogens (tertiary/aromatic N) is 2. The molecule has 0 bridgehead atoms. The molecule has 1 aliphatic heterocycles. The molecule has 1 aliphatic rings. The Balaban J connectivity index is 2.33. The number of nitrogens with one attached hydrogen (secondary N) is 1. The maximum Gasteiger partial charge on any atom is 0.333 e. The molecule has 212 valence electrons. The van der Waals surface area contributed by atoms with Crippen LogP contribution < -0.4 is 5.32 Å². The van der Waals surface area contributed by atoms with Gasteiger partial charge in [-0.05, 0) is 51.6 Å². The monoisotopic (exact) mass is 545 g/mol. The summed E-state index contributed by atoms with van der Waals surface area (Å²) in [7, 11) is 3.71. The van der Waals surface area contributed by atoms with Gasteiger partial charge in [0.2, 0.25) is 11.8 Å². The van der Waals surface area contributed by atoms with Gasteiger partial charge in [-0.1, -0.05) is 71.0 Å². The van der Waals surface area contributed by atoms with Gasteiger partial charge in [-0.2, -0.15) is 0 Å². The normalized spacial score (nSPS) is 21.6. The number of hydrogen-bond donors (Lipinski definition) is 1. The molecule has 0 aliphatic carbocycles. The van der Waals surface area contributed by atoms with Crippen molar-refractivity contribution in [1.82, 2.24) is 15.1 Å². The molecule has 1 heterocycles. The summed E-state index contributed by atoms with van der Waals surface area (Å²) in [4.78, 5) is 43.8. The molecular weight excluding hydrogens is 498 g/mol. The minimum atomic E-state index is -0.748. The lowest BCUT2D eigenvalue weighted by Crippen LogP contribution is -2.60. The van der Waals surface area contributed by atoms with E-state index in [0.29, 0.717) is 12.2 Å². The molecule has 0 unspecified atom stereocenters. The standard InChI is InChI=1S/C30H47N3O4S/c1-12-37-28(36)20(4)18-22(19(2)3)32(10)26(35)23(29(5,6)7)31-25(34)24-30(8,9)38-27(33(24)11)21-16-14-13-15-17-21/h13-19,22-24,27H,12H2,1-11H3,(H,31,34)/b20-18+/t22-,23-,24-,27-/m1/s1. The fourth-order valence-corrected chi connectivity index (χ4v) is 6.58.